The molecule has 9 nitrogen and oxygen atoms in total. The number of ether oxygens (including phenoxy) is 2. The number of nitrogens with one attached hydrogen (secondary N) is 1. The van der Waals surface area contributed by atoms with Crippen LogP contribution in [0, 0.1) is 13.8 Å². The van der Waals surface area contributed by atoms with Crippen molar-refractivity contribution in [3.05, 3.63) is 22.5 Å². The number of aromatic amines is 1. The van der Waals surface area contributed by atoms with E-state index in [1.54, 1.807) is 27.7 Å². The minimum atomic E-state index is -3.12. The Hall–Kier alpha value is -2.36. The van der Waals surface area contributed by atoms with E-state index in [1.807, 2.05) is 0 Å². The number of carbonyl (C=O) groups is 3. The van der Waals surface area contributed by atoms with Gasteiger partial charge in [0.15, 0.2) is 16.4 Å². The van der Waals surface area contributed by atoms with E-state index in [0.717, 1.165) is 0 Å². The predicted octanol–water partition coefficient (Wildman–Crippen LogP) is 0.999. The molecule has 0 unspecified atom stereocenters. The molecule has 0 aromatic carbocycles. The highest BCUT2D eigenvalue weighted by Crippen LogP contribution is 2.21. The van der Waals surface area contributed by atoms with Gasteiger partial charge >= 0.3 is 11.9 Å². The Labute approximate surface area is 164 Å². The van der Waals surface area contributed by atoms with E-state index < -0.39 is 40.3 Å². The average Bonchev–Trinajstić information content (AvgIpc) is 3.09. The van der Waals surface area contributed by atoms with Crippen molar-refractivity contribution in [2.24, 2.45) is 0 Å². The monoisotopic (exact) mass is 414 g/mol. The third-order valence-corrected chi connectivity index (χ3v) is 6.42. The molecule has 156 valence electrons. The zero-order valence-corrected chi connectivity index (χ0v) is 17.5. The summed E-state index contributed by atoms with van der Waals surface area (Å²) in [4.78, 5) is 40.9. The van der Waals surface area contributed by atoms with E-state index >= 15 is 0 Å². The summed E-state index contributed by atoms with van der Waals surface area (Å²) in [7, 11) is -1.63. The van der Waals surface area contributed by atoms with Crippen LogP contribution in [-0.4, -0.2) is 73.5 Å². The highest BCUT2D eigenvalue weighted by molar-refractivity contribution is 7.91. The third-order valence-electron chi connectivity index (χ3n) is 4.66. The quantitative estimate of drug-likeness (QED) is 0.689. The number of nitrogens with zero attached hydrogens (tertiary/aromatic N) is 1. The van der Waals surface area contributed by atoms with Gasteiger partial charge in [0.2, 0.25) is 0 Å². The number of H-pyrrole nitrogens is 1. The van der Waals surface area contributed by atoms with Gasteiger partial charge in [0.25, 0.3) is 5.91 Å². The molecule has 2 heterocycles. The Morgan fingerprint density at radius 2 is 1.86 bits per heavy atom. The number of rotatable bonds is 6. The zero-order valence-electron chi connectivity index (χ0n) is 16.7. The number of hydrogen-bond acceptors (Lipinski definition) is 7. The van der Waals surface area contributed by atoms with Crippen LogP contribution in [0.3, 0.4) is 0 Å². The summed E-state index contributed by atoms with van der Waals surface area (Å²) in [6.07, 6.45) is 0.0681. The molecule has 0 radical (unpaired) electrons. The van der Waals surface area contributed by atoms with Gasteiger partial charge in [-0.15, -0.1) is 0 Å². The van der Waals surface area contributed by atoms with Crippen LogP contribution in [0.15, 0.2) is 0 Å². The van der Waals surface area contributed by atoms with Crippen LogP contribution < -0.4 is 0 Å². The fourth-order valence-electron chi connectivity index (χ4n) is 3.12. The van der Waals surface area contributed by atoms with Crippen LogP contribution in [0.2, 0.25) is 0 Å². The largest absolute Gasteiger partial charge is 0.459 e. The third kappa shape index (κ3) is 4.92. The predicted molar refractivity (Wildman–Crippen MR) is 101 cm³/mol. The second-order valence-corrected chi connectivity index (χ2v) is 9.45. The number of carbonyl (C=O) groups excluding carboxylic acids is 3. The normalized spacial score (nSPS) is 18.1. The van der Waals surface area contributed by atoms with Gasteiger partial charge in [0.1, 0.15) is 5.69 Å². The van der Waals surface area contributed by atoms with Crippen molar-refractivity contribution in [2.45, 2.75) is 46.3 Å². The molecule has 0 spiro atoms. The fraction of sp³-hybridized carbons (Fsp3) is 0.611. The first-order valence-electron chi connectivity index (χ1n) is 8.96. The second kappa shape index (κ2) is 8.34. The topological polar surface area (TPSA) is 123 Å². The lowest BCUT2D eigenvalue weighted by Gasteiger charge is -2.23. The molecule has 1 aliphatic heterocycles. The molecule has 0 bridgehead atoms. The molecule has 1 aliphatic rings. The molecule has 1 atom stereocenters. The maximum atomic E-state index is 12.4. The van der Waals surface area contributed by atoms with Crippen molar-refractivity contribution in [1.82, 2.24) is 9.88 Å². The van der Waals surface area contributed by atoms with Crippen LogP contribution >= 0.6 is 0 Å². The van der Waals surface area contributed by atoms with Crippen molar-refractivity contribution in [3.63, 3.8) is 0 Å². The van der Waals surface area contributed by atoms with E-state index in [-0.39, 0.29) is 28.9 Å². The number of sulfone groups is 1. The van der Waals surface area contributed by atoms with Gasteiger partial charge in [-0.05, 0) is 39.7 Å². The van der Waals surface area contributed by atoms with Gasteiger partial charge in [0.05, 0.1) is 23.2 Å². The molecule has 0 aliphatic carbocycles. The molecular weight excluding hydrogens is 388 g/mol. The smallest absolute Gasteiger partial charge is 0.355 e. The average molecular weight is 414 g/mol. The summed E-state index contributed by atoms with van der Waals surface area (Å²) < 4.78 is 33.3. The Kier molecular flexibility index (Phi) is 6.53. The van der Waals surface area contributed by atoms with Gasteiger partial charge in [-0.3, -0.25) is 4.79 Å². The standard InChI is InChI=1S/C18H26N2O7S/c1-10(2)27-17(22)15-11(3)16(19-12(15)4)18(23)26-8-14(21)20(5)13-6-7-28(24,25)9-13/h10,13,19H,6-9H2,1-5H3/t13-/m1/s1. The van der Waals surface area contributed by atoms with Crippen molar-refractivity contribution in [2.75, 3.05) is 25.2 Å². The first kappa shape index (κ1) is 21.9. The van der Waals surface area contributed by atoms with Crippen molar-refractivity contribution >= 4 is 27.7 Å². The Bertz CT molecular complexity index is 886. The van der Waals surface area contributed by atoms with Crippen molar-refractivity contribution in [1.29, 1.82) is 0 Å². The molecule has 1 amide bonds. The Morgan fingerprint density at radius 1 is 1.21 bits per heavy atom. The lowest BCUT2D eigenvalue weighted by molar-refractivity contribution is -0.134. The Balaban J connectivity index is 2.01. The van der Waals surface area contributed by atoms with E-state index in [9.17, 15) is 22.8 Å². The highest BCUT2D eigenvalue weighted by Gasteiger charge is 2.33. The maximum absolute atomic E-state index is 12.4. The number of esters is 2. The summed E-state index contributed by atoms with van der Waals surface area (Å²) in [6, 6.07) is -0.414. The second-order valence-electron chi connectivity index (χ2n) is 7.22. The first-order valence-corrected chi connectivity index (χ1v) is 10.8. The minimum Gasteiger partial charge on any atom is -0.459 e. The van der Waals surface area contributed by atoms with Crippen LogP contribution in [0.1, 0.15) is 52.4 Å². The van der Waals surface area contributed by atoms with E-state index in [2.05, 4.69) is 4.98 Å². The summed E-state index contributed by atoms with van der Waals surface area (Å²) in [6.45, 7) is 6.16. The van der Waals surface area contributed by atoms with Crippen LogP contribution in [0.5, 0.6) is 0 Å². The molecule has 10 heteroatoms. The van der Waals surface area contributed by atoms with Gasteiger partial charge in [-0.1, -0.05) is 0 Å². The molecule has 1 saturated heterocycles. The van der Waals surface area contributed by atoms with Crippen LogP contribution in [0.25, 0.3) is 0 Å². The molecule has 28 heavy (non-hydrogen) atoms. The summed E-state index contributed by atoms with van der Waals surface area (Å²) in [5, 5.41) is 0. The molecule has 1 N–H and O–H groups in total. The number of likely N-dealkylation sites (N-methyl/N-ethyl adjacent to an activating group) is 1. The SMILES string of the molecule is Cc1[nH]c(C(=O)OCC(=O)N(C)[C@@H]2CCS(=O)(=O)C2)c(C)c1C(=O)OC(C)C. The summed E-state index contributed by atoms with van der Waals surface area (Å²) in [5.41, 5.74) is 1.19. The van der Waals surface area contributed by atoms with Gasteiger partial charge < -0.3 is 19.4 Å². The molecule has 2 rings (SSSR count). The van der Waals surface area contributed by atoms with Gasteiger partial charge in [0, 0.05) is 18.8 Å². The number of aryl methyl sites for hydroxylation is 1. The van der Waals surface area contributed by atoms with E-state index in [1.165, 1.54) is 11.9 Å². The van der Waals surface area contributed by atoms with Crippen LogP contribution in [0.4, 0.5) is 0 Å². The first-order chi connectivity index (χ1) is 12.9. The van der Waals surface area contributed by atoms with Crippen LogP contribution in [-0.2, 0) is 24.1 Å². The van der Waals surface area contributed by atoms with E-state index in [4.69, 9.17) is 9.47 Å². The minimum absolute atomic E-state index is 0.0469. The van der Waals surface area contributed by atoms with Gasteiger partial charge in [-0.25, -0.2) is 18.0 Å². The lowest BCUT2D eigenvalue weighted by Crippen LogP contribution is -2.40. The van der Waals surface area contributed by atoms with Crippen molar-refractivity contribution in [3.8, 4) is 0 Å². The molecular formula is C18H26N2O7S. The molecule has 0 saturated carbocycles. The molecule has 1 aromatic rings. The maximum Gasteiger partial charge on any atom is 0.355 e. The summed E-state index contributed by atoms with van der Waals surface area (Å²) in [5.74, 6) is -1.84. The molecule has 1 fully saturated rings. The van der Waals surface area contributed by atoms with Gasteiger partial charge in [-0.2, -0.15) is 0 Å². The number of aromatic nitrogens is 1. The number of hydrogen-bond donors (Lipinski definition) is 1. The zero-order chi connectivity index (χ0) is 21.2. The van der Waals surface area contributed by atoms with Crippen molar-refractivity contribution < 1.29 is 32.3 Å². The highest BCUT2D eigenvalue weighted by atomic mass is 32.2. The number of amides is 1. The summed E-state index contributed by atoms with van der Waals surface area (Å²) >= 11 is 0. The fourth-order valence-corrected chi connectivity index (χ4v) is 4.89. The Morgan fingerprint density at radius 3 is 2.39 bits per heavy atom. The lowest BCUT2D eigenvalue weighted by atomic mass is 10.1. The molecule has 1 aromatic heterocycles. The van der Waals surface area contributed by atoms with E-state index in [0.29, 0.717) is 17.7 Å².